The zero-order valence-corrected chi connectivity index (χ0v) is 6.53. The normalized spacial score (nSPS) is 12.4. The second-order valence-electron chi connectivity index (χ2n) is 2.41. The monoisotopic (exact) mass is 165 g/mol. The van der Waals surface area contributed by atoms with Gasteiger partial charge in [0.25, 0.3) is 0 Å². The third-order valence-corrected chi connectivity index (χ3v) is 1.58. The van der Waals surface area contributed by atoms with Gasteiger partial charge in [0.2, 0.25) is 5.91 Å². The van der Waals surface area contributed by atoms with E-state index in [1.165, 1.54) is 0 Å². The Bertz CT molecular complexity index is 260. The fourth-order valence-corrected chi connectivity index (χ4v) is 0.988. The standard InChI is InChI=1S/C8H11N3O/c9-8(12)7(11-10)6-4-2-1-3-5-6/h1-5,7,11H,10H2,(H2,9,12)/t7-/m0/s1. The highest BCUT2D eigenvalue weighted by atomic mass is 16.1. The topological polar surface area (TPSA) is 81.1 Å². The molecule has 0 aliphatic carbocycles. The van der Waals surface area contributed by atoms with Gasteiger partial charge in [-0.15, -0.1) is 0 Å². The number of hydrogen-bond donors (Lipinski definition) is 3. The molecule has 0 aromatic heterocycles. The summed E-state index contributed by atoms with van der Waals surface area (Å²) < 4.78 is 0. The van der Waals surface area contributed by atoms with Crippen LogP contribution in [-0.4, -0.2) is 5.91 Å². The van der Waals surface area contributed by atoms with Gasteiger partial charge < -0.3 is 5.73 Å². The van der Waals surface area contributed by atoms with Crippen LogP contribution in [0.1, 0.15) is 11.6 Å². The summed E-state index contributed by atoms with van der Waals surface area (Å²) in [6.45, 7) is 0. The minimum absolute atomic E-state index is 0.483. The fraction of sp³-hybridized carbons (Fsp3) is 0.125. The van der Waals surface area contributed by atoms with Gasteiger partial charge in [-0.25, -0.2) is 5.43 Å². The van der Waals surface area contributed by atoms with Crippen LogP contribution in [0.2, 0.25) is 0 Å². The number of amides is 1. The van der Waals surface area contributed by atoms with Crippen molar-refractivity contribution in [3.05, 3.63) is 35.9 Å². The van der Waals surface area contributed by atoms with E-state index in [4.69, 9.17) is 11.6 Å². The molecule has 0 aliphatic heterocycles. The van der Waals surface area contributed by atoms with Crippen LogP contribution in [0.4, 0.5) is 0 Å². The van der Waals surface area contributed by atoms with Crippen LogP contribution < -0.4 is 17.0 Å². The second-order valence-corrected chi connectivity index (χ2v) is 2.41. The quantitative estimate of drug-likeness (QED) is 0.424. The molecule has 0 unspecified atom stereocenters. The van der Waals surface area contributed by atoms with Crippen molar-refractivity contribution < 1.29 is 4.79 Å². The van der Waals surface area contributed by atoms with Gasteiger partial charge >= 0.3 is 0 Å². The third-order valence-electron chi connectivity index (χ3n) is 1.58. The van der Waals surface area contributed by atoms with Crippen molar-refractivity contribution in [3.8, 4) is 0 Å². The number of benzene rings is 1. The minimum Gasteiger partial charge on any atom is -0.368 e. The predicted octanol–water partition coefficient (Wildman–Crippen LogP) is -0.324. The maximum Gasteiger partial charge on any atom is 0.240 e. The molecule has 4 heteroatoms. The summed E-state index contributed by atoms with van der Waals surface area (Å²) in [7, 11) is 0. The average Bonchev–Trinajstić information content (AvgIpc) is 2.07. The van der Waals surface area contributed by atoms with E-state index >= 15 is 0 Å². The van der Waals surface area contributed by atoms with Crippen LogP contribution in [0.25, 0.3) is 0 Å². The van der Waals surface area contributed by atoms with Crippen LogP contribution in [0.5, 0.6) is 0 Å². The summed E-state index contributed by atoms with van der Waals surface area (Å²) in [5, 5.41) is 0. The van der Waals surface area contributed by atoms with Crippen LogP contribution in [0.15, 0.2) is 30.3 Å². The van der Waals surface area contributed by atoms with Crippen molar-refractivity contribution in [3.63, 3.8) is 0 Å². The Morgan fingerprint density at radius 1 is 1.33 bits per heavy atom. The number of hydrazine groups is 1. The smallest absolute Gasteiger partial charge is 0.240 e. The molecule has 5 N–H and O–H groups in total. The highest BCUT2D eigenvalue weighted by molar-refractivity contribution is 5.81. The molecule has 1 atom stereocenters. The zero-order valence-electron chi connectivity index (χ0n) is 6.53. The third kappa shape index (κ3) is 1.81. The summed E-state index contributed by atoms with van der Waals surface area (Å²) in [6.07, 6.45) is 0. The van der Waals surface area contributed by atoms with Crippen LogP contribution >= 0.6 is 0 Å². The number of carbonyl (C=O) groups excluding carboxylic acids is 1. The maximum atomic E-state index is 10.8. The number of nitrogens with two attached hydrogens (primary N) is 2. The molecule has 1 amide bonds. The largest absolute Gasteiger partial charge is 0.368 e. The van der Waals surface area contributed by atoms with Gasteiger partial charge in [0.1, 0.15) is 6.04 Å². The average molecular weight is 165 g/mol. The summed E-state index contributed by atoms with van der Waals surface area (Å²) in [5.74, 6) is 4.67. The molecule has 0 aliphatic rings. The van der Waals surface area contributed by atoms with Crippen molar-refractivity contribution in [1.82, 2.24) is 5.43 Å². The first-order valence-electron chi connectivity index (χ1n) is 3.56. The van der Waals surface area contributed by atoms with E-state index in [9.17, 15) is 4.79 Å². The number of carbonyl (C=O) groups is 1. The molecule has 64 valence electrons. The molecule has 1 rings (SSSR count). The number of nitrogens with one attached hydrogen (secondary N) is 1. The molecular formula is C8H11N3O. The molecule has 0 heterocycles. The molecule has 1 aromatic rings. The molecule has 0 saturated carbocycles. The molecule has 0 bridgehead atoms. The maximum absolute atomic E-state index is 10.8. The van der Waals surface area contributed by atoms with Crippen LogP contribution in [0.3, 0.4) is 0 Å². The summed E-state index contributed by atoms with van der Waals surface area (Å²) in [5.41, 5.74) is 8.21. The lowest BCUT2D eigenvalue weighted by Crippen LogP contribution is -2.37. The molecule has 0 saturated heterocycles. The van der Waals surface area contributed by atoms with Crippen molar-refractivity contribution in [1.29, 1.82) is 0 Å². The lowest BCUT2D eigenvalue weighted by atomic mass is 10.1. The highest BCUT2D eigenvalue weighted by Crippen LogP contribution is 2.09. The molecule has 0 radical (unpaired) electrons. The first-order chi connectivity index (χ1) is 5.75. The van der Waals surface area contributed by atoms with Crippen molar-refractivity contribution >= 4 is 5.91 Å². The Hall–Kier alpha value is -1.39. The number of hydrogen-bond acceptors (Lipinski definition) is 3. The summed E-state index contributed by atoms with van der Waals surface area (Å²) in [6, 6.07) is 8.47. The van der Waals surface area contributed by atoms with Crippen molar-refractivity contribution in [2.45, 2.75) is 6.04 Å². The van der Waals surface area contributed by atoms with Gasteiger partial charge in [0, 0.05) is 0 Å². The van der Waals surface area contributed by atoms with Crippen LogP contribution in [-0.2, 0) is 4.79 Å². The van der Waals surface area contributed by atoms with E-state index < -0.39 is 11.9 Å². The van der Waals surface area contributed by atoms with E-state index in [2.05, 4.69) is 5.43 Å². The van der Waals surface area contributed by atoms with Gasteiger partial charge in [-0.3, -0.25) is 10.6 Å². The van der Waals surface area contributed by atoms with Crippen LogP contribution in [0, 0.1) is 0 Å². The van der Waals surface area contributed by atoms with E-state index in [1.54, 1.807) is 12.1 Å². The van der Waals surface area contributed by atoms with Crippen molar-refractivity contribution in [2.75, 3.05) is 0 Å². The highest BCUT2D eigenvalue weighted by Gasteiger charge is 2.14. The molecule has 0 fully saturated rings. The van der Waals surface area contributed by atoms with Gasteiger partial charge in [0.15, 0.2) is 0 Å². The molecule has 12 heavy (non-hydrogen) atoms. The SMILES string of the molecule is NN[C@H](C(N)=O)c1ccccc1. The minimum atomic E-state index is -0.605. The second kappa shape index (κ2) is 3.85. The Morgan fingerprint density at radius 2 is 1.92 bits per heavy atom. The lowest BCUT2D eigenvalue weighted by molar-refractivity contribution is -0.120. The summed E-state index contributed by atoms with van der Waals surface area (Å²) in [4.78, 5) is 10.8. The Morgan fingerprint density at radius 3 is 2.33 bits per heavy atom. The van der Waals surface area contributed by atoms with E-state index in [0.29, 0.717) is 0 Å². The molecule has 0 spiro atoms. The first-order valence-corrected chi connectivity index (χ1v) is 3.56. The Kier molecular flexibility index (Phi) is 2.79. The lowest BCUT2D eigenvalue weighted by Gasteiger charge is -2.11. The Balaban J connectivity index is 2.88. The van der Waals surface area contributed by atoms with Gasteiger partial charge in [0.05, 0.1) is 0 Å². The molecule has 4 nitrogen and oxygen atoms in total. The van der Waals surface area contributed by atoms with Crippen molar-refractivity contribution in [2.24, 2.45) is 11.6 Å². The zero-order chi connectivity index (χ0) is 8.97. The van der Waals surface area contributed by atoms with E-state index in [-0.39, 0.29) is 0 Å². The summed E-state index contributed by atoms with van der Waals surface area (Å²) >= 11 is 0. The number of primary amides is 1. The van der Waals surface area contributed by atoms with Gasteiger partial charge in [-0.1, -0.05) is 30.3 Å². The number of rotatable bonds is 3. The molecular weight excluding hydrogens is 154 g/mol. The fourth-order valence-electron chi connectivity index (χ4n) is 0.988. The Labute approximate surface area is 70.5 Å². The predicted molar refractivity (Wildman–Crippen MR) is 45.7 cm³/mol. The van der Waals surface area contributed by atoms with E-state index in [1.807, 2.05) is 18.2 Å². The first kappa shape index (κ1) is 8.70. The van der Waals surface area contributed by atoms with E-state index in [0.717, 1.165) is 5.56 Å². The molecule has 1 aromatic carbocycles. The van der Waals surface area contributed by atoms with Gasteiger partial charge in [-0.2, -0.15) is 0 Å². The van der Waals surface area contributed by atoms with Gasteiger partial charge in [-0.05, 0) is 5.56 Å².